The van der Waals surface area contributed by atoms with Gasteiger partial charge in [0.1, 0.15) is 0 Å². The second-order valence-corrected chi connectivity index (χ2v) is 22.9. The molecule has 2 atom stereocenters. The SMILES string of the molecule is C/C=C\C(=C/C)N(c1ccccc1)c1ccc(CCC)cc1.Cc1ccc(-c2ccc(C(C)C(C)c3ccc(N(c4ccccc4)c4ccccc4)cc3)cc2)cc1.Cc1ccc2c(c1)C1(CCCCC1)c1ccccc1-2.Cc1ccccc1. The van der Waals surface area contributed by atoms with Crippen molar-refractivity contribution in [2.45, 2.75) is 118 Å². The van der Waals surface area contributed by atoms with Gasteiger partial charge < -0.3 is 9.80 Å². The van der Waals surface area contributed by atoms with E-state index in [1.807, 2.05) is 18.2 Å². The van der Waals surface area contributed by atoms with E-state index in [1.165, 1.54) is 117 Å². The fraction of sp³-hybridized carbons (Fsp3) is 0.220. The van der Waals surface area contributed by atoms with Crippen LogP contribution in [0.4, 0.5) is 28.4 Å². The van der Waals surface area contributed by atoms with E-state index in [1.54, 1.807) is 11.1 Å². The summed E-state index contributed by atoms with van der Waals surface area (Å²) in [6.45, 7) is 17.4. The van der Waals surface area contributed by atoms with Gasteiger partial charge in [-0.1, -0.05) is 275 Å². The molecule has 10 aromatic carbocycles. The molecule has 1 saturated carbocycles. The lowest BCUT2D eigenvalue weighted by atomic mass is 9.68. The first kappa shape index (κ1) is 59.9. The summed E-state index contributed by atoms with van der Waals surface area (Å²) in [5.74, 6) is 0.827. The molecule has 2 aliphatic rings. The zero-order valence-electron chi connectivity index (χ0n) is 51.1. The van der Waals surface area contributed by atoms with Gasteiger partial charge in [-0.15, -0.1) is 0 Å². The third-order valence-electron chi connectivity index (χ3n) is 17.0. The Hall–Kier alpha value is -8.72. The van der Waals surface area contributed by atoms with E-state index < -0.39 is 0 Å². The Morgan fingerprint density at radius 1 is 0.429 bits per heavy atom. The summed E-state index contributed by atoms with van der Waals surface area (Å²) in [4.78, 5) is 4.59. The van der Waals surface area contributed by atoms with E-state index >= 15 is 0 Å². The molecule has 2 nitrogen and oxygen atoms in total. The molecular formula is C82H86N2. The van der Waals surface area contributed by atoms with E-state index in [4.69, 9.17) is 0 Å². The molecular weight excluding hydrogens is 1010 g/mol. The number of benzene rings is 10. The lowest BCUT2D eigenvalue weighted by Crippen LogP contribution is -2.28. The van der Waals surface area contributed by atoms with Crippen molar-refractivity contribution in [3.05, 3.63) is 329 Å². The van der Waals surface area contributed by atoms with Crippen LogP contribution in [0.1, 0.15) is 129 Å². The van der Waals surface area contributed by atoms with Gasteiger partial charge in [-0.25, -0.2) is 0 Å². The number of hydrogen-bond acceptors (Lipinski definition) is 2. The maximum Gasteiger partial charge on any atom is 0.0461 e. The smallest absolute Gasteiger partial charge is 0.0461 e. The molecule has 0 amide bonds. The highest BCUT2D eigenvalue weighted by Gasteiger charge is 2.43. The summed E-state index contributed by atoms with van der Waals surface area (Å²) in [5, 5.41) is 0. The number of hydrogen-bond donors (Lipinski definition) is 0. The second kappa shape index (κ2) is 29.5. The maximum atomic E-state index is 2.45. The molecule has 10 aromatic rings. The Morgan fingerprint density at radius 3 is 1.37 bits per heavy atom. The summed E-state index contributed by atoms with van der Waals surface area (Å²) >= 11 is 0. The van der Waals surface area contributed by atoms with Crippen LogP contribution in [0.5, 0.6) is 0 Å². The molecule has 1 fully saturated rings. The first-order valence-corrected chi connectivity index (χ1v) is 30.7. The number of fused-ring (bicyclic) bond motifs is 5. The minimum Gasteiger partial charge on any atom is -0.311 e. The molecule has 0 aromatic heterocycles. The van der Waals surface area contributed by atoms with Crippen molar-refractivity contribution < 1.29 is 0 Å². The monoisotopic (exact) mass is 1100 g/mol. The minimum atomic E-state index is 0.330. The highest BCUT2D eigenvalue weighted by Crippen LogP contribution is 2.55. The standard InChI is InChI=1S/C35H33N.C21H25N.C19H20.C7H8/c1-26-14-16-31(17-15-26)32-20-18-29(19-21-32)27(2)28(3)30-22-24-35(25-23-30)36(33-10-6-4-7-11-33)34-12-8-5-9-13-34;1-4-10-18-14-16-21(17-15-18)22(19(6-3)11-5-2)20-12-8-7-9-13-20;1-14-9-10-16-15-7-3-4-8-17(15)19(18(16)13-14)11-5-2-6-12-19;1-7-5-3-2-4-6-7/h4-25,27-28H,1-3H3;5-9,11-17H,4,10H2,1-3H3;3-4,7-10,13H,2,5-6,11-12H2,1H3;2-6H,1H3/b;11-5-,19-6+;;. The predicted octanol–water partition coefficient (Wildman–Crippen LogP) is 23.5. The fourth-order valence-electron chi connectivity index (χ4n) is 12.2. The maximum absolute atomic E-state index is 2.45. The van der Waals surface area contributed by atoms with Gasteiger partial charge >= 0.3 is 0 Å². The molecule has 0 radical (unpaired) electrons. The number of aryl methyl sites for hydroxylation is 4. The highest BCUT2D eigenvalue weighted by atomic mass is 15.1. The number of anilines is 5. The summed E-state index contributed by atoms with van der Waals surface area (Å²) in [6, 6.07) is 93.8. The van der Waals surface area contributed by atoms with Gasteiger partial charge in [0.2, 0.25) is 0 Å². The molecule has 0 heterocycles. The summed E-state index contributed by atoms with van der Waals surface area (Å²) in [7, 11) is 0. The van der Waals surface area contributed by atoms with E-state index in [0.29, 0.717) is 17.3 Å². The lowest BCUT2D eigenvalue weighted by Gasteiger charge is -2.36. The van der Waals surface area contributed by atoms with Gasteiger partial charge in [-0.2, -0.15) is 0 Å². The quantitative estimate of drug-likeness (QED) is 0.106. The number of nitrogens with zero attached hydrogens (tertiary/aromatic N) is 2. The highest BCUT2D eigenvalue weighted by molar-refractivity contribution is 5.82. The van der Waals surface area contributed by atoms with Crippen LogP contribution in [0.2, 0.25) is 0 Å². The largest absolute Gasteiger partial charge is 0.311 e. The molecule has 12 rings (SSSR count). The molecule has 2 unspecified atom stereocenters. The lowest BCUT2D eigenvalue weighted by molar-refractivity contribution is 0.352. The topological polar surface area (TPSA) is 6.48 Å². The van der Waals surface area contributed by atoms with E-state index in [2.05, 4.69) is 326 Å². The average molecular weight is 1100 g/mol. The normalized spacial score (nSPS) is 13.6. The molecule has 0 saturated heterocycles. The third kappa shape index (κ3) is 14.7. The Morgan fingerprint density at radius 2 is 0.857 bits per heavy atom. The van der Waals surface area contributed by atoms with Crippen LogP contribution < -0.4 is 9.80 Å². The Balaban J connectivity index is 0.000000150. The van der Waals surface area contributed by atoms with Crippen molar-refractivity contribution in [1.29, 1.82) is 0 Å². The first-order valence-electron chi connectivity index (χ1n) is 30.7. The van der Waals surface area contributed by atoms with Crippen LogP contribution in [0.25, 0.3) is 22.3 Å². The average Bonchev–Trinajstić information content (AvgIpc) is 3.14. The van der Waals surface area contributed by atoms with Gasteiger partial charge in [-0.05, 0) is 183 Å². The van der Waals surface area contributed by atoms with Gasteiger partial charge in [-0.3, -0.25) is 0 Å². The molecule has 424 valence electrons. The molecule has 0 bridgehead atoms. The van der Waals surface area contributed by atoms with Crippen molar-refractivity contribution in [2.75, 3.05) is 9.80 Å². The predicted molar refractivity (Wildman–Crippen MR) is 364 cm³/mol. The Labute approximate surface area is 504 Å². The van der Waals surface area contributed by atoms with Gasteiger partial charge in [0.15, 0.2) is 0 Å². The van der Waals surface area contributed by atoms with Gasteiger partial charge in [0.05, 0.1) is 0 Å². The van der Waals surface area contributed by atoms with Crippen LogP contribution in [-0.4, -0.2) is 0 Å². The molecule has 1 spiro atoms. The van der Waals surface area contributed by atoms with Crippen molar-refractivity contribution in [3.8, 4) is 22.3 Å². The van der Waals surface area contributed by atoms with E-state index in [0.717, 1.165) is 17.8 Å². The molecule has 2 aliphatic carbocycles. The number of rotatable bonds is 13. The Bertz CT molecular complexity index is 3590. The summed E-state index contributed by atoms with van der Waals surface area (Å²) in [5.41, 5.74) is 24.2. The van der Waals surface area contributed by atoms with Crippen LogP contribution >= 0.6 is 0 Å². The molecule has 0 aliphatic heterocycles. The van der Waals surface area contributed by atoms with Crippen molar-refractivity contribution in [2.24, 2.45) is 0 Å². The minimum absolute atomic E-state index is 0.330. The van der Waals surface area contributed by atoms with Crippen molar-refractivity contribution in [1.82, 2.24) is 0 Å². The number of allylic oxidation sites excluding steroid dienone is 3. The van der Waals surface area contributed by atoms with Crippen LogP contribution in [0, 0.1) is 20.8 Å². The second-order valence-electron chi connectivity index (χ2n) is 22.9. The Kier molecular flexibility index (Phi) is 21.0. The van der Waals surface area contributed by atoms with Crippen LogP contribution in [-0.2, 0) is 11.8 Å². The molecule has 0 N–H and O–H groups in total. The van der Waals surface area contributed by atoms with Gasteiger partial charge in [0.25, 0.3) is 0 Å². The van der Waals surface area contributed by atoms with Gasteiger partial charge in [0, 0.05) is 39.5 Å². The van der Waals surface area contributed by atoms with Crippen molar-refractivity contribution >= 4 is 28.4 Å². The summed E-state index contributed by atoms with van der Waals surface area (Å²) in [6.07, 6.45) is 15.5. The van der Waals surface area contributed by atoms with Crippen molar-refractivity contribution in [3.63, 3.8) is 0 Å². The zero-order valence-corrected chi connectivity index (χ0v) is 51.1. The zero-order chi connectivity index (χ0) is 58.7. The summed E-state index contributed by atoms with van der Waals surface area (Å²) < 4.78 is 0. The third-order valence-corrected chi connectivity index (χ3v) is 17.0. The molecule has 2 heteroatoms. The van der Waals surface area contributed by atoms with E-state index in [9.17, 15) is 0 Å². The first-order chi connectivity index (χ1) is 41.1. The number of para-hydroxylation sites is 3. The van der Waals surface area contributed by atoms with Crippen LogP contribution in [0.3, 0.4) is 0 Å². The van der Waals surface area contributed by atoms with E-state index in [-0.39, 0.29) is 0 Å². The molecule has 84 heavy (non-hydrogen) atoms. The fourth-order valence-corrected chi connectivity index (χ4v) is 12.2. The van der Waals surface area contributed by atoms with Crippen LogP contribution in [0.15, 0.2) is 285 Å².